The topological polar surface area (TPSA) is 27.6 Å². The number of guanidine groups is 1. The van der Waals surface area contributed by atoms with Gasteiger partial charge in [-0.25, -0.2) is 0 Å². The third-order valence-corrected chi connectivity index (χ3v) is 4.14. The smallest absolute Gasteiger partial charge is 0.193 e. The summed E-state index contributed by atoms with van der Waals surface area (Å²) in [5.41, 5.74) is 1.27. The molecule has 3 nitrogen and oxygen atoms in total. The lowest BCUT2D eigenvalue weighted by atomic mass is 10.2. The molecule has 1 saturated carbocycles. The first-order chi connectivity index (χ1) is 8.61. The van der Waals surface area contributed by atoms with Crippen molar-refractivity contribution in [3.05, 3.63) is 34.3 Å². The van der Waals surface area contributed by atoms with Crippen LogP contribution < -0.4 is 5.32 Å². The Morgan fingerprint density at radius 2 is 2.11 bits per heavy atom. The summed E-state index contributed by atoms with van der Waals surface area (Å²) in [4.78, 5) is 6.50. The Labute approximate surface area is 141 Å². The number of nitrogens with zero attached hydrogens (tertiary/aromatic N) is 2. The standard InChI is InChI=1S/C14H20BrN3.HI/c1-10-8-13(10)17-14(16-2)18(3)9-11-6-4-5-7-12(11)15;/h4-7,10,13H,8-9H2,1-3H3,(H,16,17);1H. The fourth-order valence-corrected chi connectivity index (χ4v) is 2.40. The van der Waals surface area contributed by atoms with Crippen molar-refractivity contribution in [1.29, 1.82) is 0 Å². The van der Waals surface area contributed by atoms with Gasteiger partial charge < -0.3 is 10.2 Å². The molecule has 0 aromatic heterocycles. The quantitative estimate of drug-likeness (QED) is 0.445. The molecular weight excluding hydrogens is 417 g/mol. The number of hydrogen-bond donors (Lipinski definition) is 1. The first kappa shape index (κ1) is 16.8. The molecule has 1 aliphatic carbocycles. The maximum Gasteiger partial charge on any atom is 0.193 e. The first-order valence-electron chi connectivity index (χ1n) is 6.29. The molecule has 2 unspecified atom stereocenters. The lowest BCUT2D eigenvalue weighted by Crippen LogP contribution is -2.40. The molecule has 1 aromatic carbocycles. The van der Waals surface area contributed by atoms with Crippen LogP contribution in [0.3, 0.4) is 0 Å². The Bertz CT molecular complexity index is 450. The molecule has 2 rings (SSSR count). The van der Waals surface area contributed by atoms with E-state index in [1.54, 1.807) is 0 Å². The van der Waals surface area contributed by atoms with Crippen LogP contribution in [0.5, 0.6) is 0 Å². The molecule has 2 atom stereocenters. The Kier molecular flexibility index (Phi) is 6.59. The zero-order chi connectivity index (χ0) is 13.1. The van der Waals surface area contributed by atoms with E-state index in [0.717, 1.165) is 22.9 Å². The number of benzene rings is 1. The highest BCUT2D eigenvalue weighted by Crippen LogP contribution is 2.29. The summed E-state index contributed by atoms with van der Waals surface area (Å²) < 4.78 is 1.15. The van der Waals surface area contributed by atoms with E-state index in [2.05, 4.69) is 63.3 Å². The highest BCUT2D eigenvalue weighted by Gasteiger charge is 2.33. The van der Waals surface area contributed by atoms with E-state index in [4.69, 9.17) is 0 Å². The van der Waals surface area contributed by atoms with Gasteiger partial charge in [0, 0.05) is 31.2 Å². The van der Waals surface area contributed by atoms with E-state index in [1.165, 1.54) is 12.0 Å². The van der Waals surface area contributed by atoms with Crippen molar-refractivity contribution in [1.82, 2.24) is 10.2 Å². The molecule has 0 amide bonds. The summed E-state index contributed by atoms with van der Waals surface area (Å²) in [5.74, 6) is 1.75. The Morgan fingerprint density at radius 3 is 2.63 bits per heavy atom. The summed E-state index contributed by atoms with van der Waals surface area (Å²) in [6.45, 7) is 3.11. The third-order valence-electron chi connectivity index (χ3n) is 3.36. The van der Waals surface area contributed by atoms with E-state index in [9.17, 15) is 0 Å². The summed E-state index contributed by atoms with van der Waals surface area (Å²) in [5, 5.41) is 3.49. The zero-order valence-electron chi connectivity index (χ0n) is 11.6. The molecular formula is C14H21BrIN3. The van der Waals surface area contributed by atoms with Crippen molar-refractivity contribution in [3.63, 3.8) is 0 Å². The number of halogens is 2. The fourth-order valence-electron chi connectivity index (χ4n) is 1.99. The van der Waals surface area contributed by atoms with Crippen LogP contribution in [0.15, 0.2) is 33.7 Å². The minimum Gasteiger partial charge on any atom is -0.353 e. The van der Waals surface area contributed by atoms with Gasteiger partial charge in [0.15, 0.2) is 5.96 Å². The van der Waals surface area contributed by atoms with Crippen molar-refractivity contribution < 1.29 is 0 Å². The molecule has 1 N–H and O–H groups in total. The molecule has 0 bridgehead atoms. The minimum absolute atomic E-state index is 0. The first-order valence-corrected chi connectivity index (χ1v) is 7.09. The van der Waals surface area contributed by atoms with Gasteiger partial charge in [-0.3, -0.25) is 4.99 Å². The van der Waals surface area contributed by atoms with Gasteiger partial charge in [-0.05, 0) is 24.0 Å². The van der Waals surface area contributed by atoms with Crippen molar-refractivity contribution in [2.45, 2.75) is 25.9 Å². The van der Waals surface area contributed by atoms with Gasteiger partial charge in [0.05, 0.1) is 0 Å². The maximum atomic E-state index is 4.34. The van der Waals surface area contributed by atoms with Crippen LogP contribution in [-0.4, -0.2) is 31.0 Å². The maximum absolute atomic E-state index is 4.34. The highest BCUT2D eigenvalue weighted by molar-refractivity contribution is 14.0. The van der Waals surface area contributed by atoms with Crippen LogP contribution in [-0.2, 0) is 6.54 Å². The fraction of sp³-hybridized carbons (Fsp3) is 0.500. The lowest BCUT2D eigenvalue weighted by molar-refractivity contribution is 0.473. The second-order valence-corrected chi connectivity index (χ2v) is 5.81. The van der Waals surface area contributed by atoms with Crippen molar-refractivity contribution in [2.75, 3.05) is 14.1 Å². The van der Waals surface area contributed by atoms with Gasteiger partial charge in [-0.15, -0.1) is 24.0 Å². The van der Waals surface area contributed by atoms with Crippen LogP contribution in [0.25, 0.3) is 0 Å². The van der Waals surface area contributed by atoms with E-state index in [0.29, 0.717) is 6.04 Å². The van der Waals surface area contributed by atoms with Crippen LogP contribution in [0.1, 0.15) is 18.9 Å². The Balaban J connectivity index is 0.00000180. The summed E-state index contributed by atoms with van der Waals surface area (Å²) in [7, 11) is 3.91. The number of aliphatic imine (C=N–C) groups is 1. The van der Waals surface area contributed by atoms with E-state index in [1.807, 2.05) is 13.1 Å². The molecule has 0 spiro atoms. The second-order valence-electron chi connectivity index (χ2n) is 4.96. The molecule has 1 aromatic rings. The predicted octanol–water partition coefficient (Wildman–Crippen LogP) is 3.48. The number of hydrogen-bond acceptors (Lipinski definition) is 1. The summed E-state index contributed by atoms with van der Waals surface area (Å²) in [6, 6.07) is 8.90. The van der Waals surface area contributed by atoms with E-state index >= 15 is 0 Å². The van der Waals surface area contributed by atoms with Gasteiger partial charge in [0.1, 0.15) is 0 Å². The van der Waals surface area contributed by atoms with Crippen molar-refractivity contribution in [2.24, 2.45) is 10.9 Å². The van der Waals surface area contributed by atoms with Crippen LogP contribution in [0.4, 0.5) is 0 Å². The highest BCUT2D eigenvalue weighted by atomic mass is 127. The van der Waals surface area contributed by atoms with Crippen LogP contribution in [0.2, 0.25) is 0 Å². The normalized spacial score (nSPS) is 21.6. The zero-order valence-corrected chi connectivity index (χ0v) is 15.5. The molecule has 106 valence electrons. The van der Waals surface area contributed by atoms with Crippen molar-refractivity contribution >= 4 is 45.9 Å². The van der Waals surface area contributed by atoms with Crippen molar-refractivity contribution in [3.8, 4) is 0 Å². The van der Waals surface area contributed by atoms with Crippen LogP contribution in [0, 0.1) is 5.92 Å². The average molecular weight is 438 g/mol. The molecule has 0 radical (unpaired) electrons. The molecule has 0 heterocycles. The second kappa shape index (κ2) is 7.47. The van der Waals surface area contributed by atoms with Gasteiger partial charge >= 0.3 is 0 Å². The van der Waals surface area contributed by atoms with E-state index in [-0.39, 0.29) is 24.0 Å². The van der Waals surface area contributed by atoms with Crippen LogP contribution >= 0.6 is 39.9 Å². The largest absolute Gasteiger partial charge is 0.353 e. The number of rotatable bonds is 3. The molecule has 1 aliphatic rings. The molecule has 19 heavy (non-hydrogen) atoms. The van der Waals surface area contributed by atoms with Gasteiger partial charge in [0.2, 0.25) is 0 Å². The SMILES string of the molecule is CN=C(NC1CC1C)N(C)Cc1ccccc1Br.I. The van der Waals surface area contributed by atoms with E-state index < -0.39 is 0 Å². The molecule has 1 fully saturated rings. The Morgan fingerprint density at radius 1 is 1.47 bits per heavy atom. The lowest BCUT2D eigenvalue weighted by Gasteiger charge is -2.22. The molecule has 0 aliphatic heterocycles. The molecule has 5 heteroatoms. The van der Waals surface area contributed by atoms with Gasteiger partial charge in [-0.2, -0.15) is 0 Å². The monoisotopic (exact) mass is 437 g/mol. The summed E-state index contributed by atoms with van der Waals surface area (Å²) in [6.07, 6.45) is 1.25. The summed E-state index contributed by atoms with van der Waals surface area (Å²) >= 11 is 3.58. The Hall–Kier alpha value is -0.300. The van der Waals surface area contributed by atoms with Gasteiger partial charge in [0.25, 0.3) is 0 Å². The molecule has 0 saturated heterocycles. The average Bonchev–Trinajstić information content (AvgIpc) is 3.05. The minimum atomic E-state index is 0. The predicted molar refractivity (Wildman–Crippen MR) is 95.1 cm³/mol. The number of nitrogens with one attached hydrogen (secondary N) is 1. The third kappa shape index (κ3) is 4.63. The van der Waals surface area contributed by atoms with Gasteiger partial charge in [-0.1, -0.05) is 41.1 Å².